The van der Waals surface area contributed by atoms with Gasteiger partial charge < -0.3 is 4.42 Å². The van der Waals surface area contributed by atoms with E-state index in [-0.39, 0.29) is 0 Å². The maximum absolute atomic E-state index is 6.01. The normalized spacial score (nSPS) is 11.2. The molecule has 1 aromatic heterocycles. The van der Waals surface area contributed by atoms with Gasteiger partial charge in [-0.15, -0.1) is 0 Å². The van der Waals surface area contributed by atoms with Crippen molar-refractivity contribution in [1.82, 2.24) is 0 Å². The molecule has 4 aromatic rings. The molecule has 1 radical (unpaired) electrons. The number of rotatable bonds is 1. The lowest BCUT2D eigenvalue weighted by molar-refractivity contribution is 0.670. The van der Waals surface area contributed by atoms with Crippen LogP contribution in [0.3, 0.4) is 0 Å². The average molecular weight is 243 g/mol. The minimum absolute atomic E-state index is 0.912. The molecule has 0 saturated carbocycles. The highest BCUT2D eigenvalue weighted by molar-refractivity contribution is 6.09. The molecule has 3 aromatic carbocycles. The summed E-state index contributed by atoms with van der Waals surface area (Å²) < 4.78 is 6.01. The third-order valence-electron chi connectivity index (χ3n) is 3.40. The Labute approximate surface area is 111 Å². The molecule has 4 rings (SSSR count). The van der Waals surface area contributed by atoms with Gasteiger partial charge in [0.25, 0.3) is 0 Å². The van der Waals surface area contributed by atoms with Crippen LogP contribution in [0.25, 0.3) is 33.1 Å². The molecule has 0 spiro atoms. The molecule has 1 heterocycles. The Hall–Kier alpha value is -2.54. The van der Waals surface area contributed by atoms with E-state index in [4.69, 9.17) is 4.42 Å². The van der Waals surface area contributed by atoms with E-state index >= 15 is 0 Å². The van der Waals surface area contributed by atoms with Crippen LogP contribution in [0.4, 0.5) is 0 Å². The predicted molar refractivity (Wildman–Crippen MR) is 78.0 cm³/mol. The Kier molecular flexibility index (Phi) is 2.18. The summed E-state index contributed by atoms with van der Waals surface area (Å²) in [4.78, 5) is 0. The highest BCUT2D eigenvalue weighted by Crippen LogP contribution is 2.34. The zero-order valence-electron chi connectivity index (χ0n) is 10.3. The lowest BCUT2D eigenvalue weighted by Gasteiger charge is -2.01. The van der Waals surface area contributed by atoms with Crippen LogP contribution in [-0.2, 0) is 0 Å². The summed E-state index contributed by atoms with van der Waals surface area (Å²) in [6, 6.07) is 25.7. The molecule has 0 aliphatic carbocycles. The number of hydrogen-bond acceptors (Lipinski definition) is 1. The highest BCUT2D eigenvalue weighted by Gasteiger charge is 2.11. The Bertz CT molecular complexity index is 857. The highest BCUT2D eigenvalue weighted by atomic mass is 16.3. The van der Waals surface area contributed by atoms with E-state index in [1.807, 2.05) is 42.5 Å². The van der Waals surface area contributed by atoms with Crippen molar-refractivity contribution in [2.24, 2.45) is 0 Å². The molecular formula is C18H11O. The fourth-order valence-electron chi connectivity index (χ4n) is 2.51. The Balaban J connectivity index is 2.13. The minimum atomic E-state index is 0.912. The van der Waals surface area contributed by atoms with Gasteiger partial charge in [0.1, 0.15) is 11.2 Å². The molecule has 89 valence electrons. The molecule has 1 heteroatoms. The zero-order valence-corrected chi connectivity index (χ0v) is 10.3. The summed E-state index contributed by atoms with van der Waals surface area (Å²) in [5.74, 6) is 0. The largest absolute Gasteiger partial charge is 0.455 e. The smallest absolute Gasteiger partial charge is 0.143 e. The first kappa shape index (κ1) is 10.4. The third kappa shape index (κ3) is 1.55. The molecule has 0 saturated heterocycles. The van der Waals surface area contributed by atoms with Crippen LogP contribution in [-0.4, -0.2) is 0 Å². The standard InChI is InChI=1S/C18H11O/c1-2-7-13(8-3-1)14-10-6-11-16-15-9-4-5-12-17(15)19-18(14)16/h1-10,12H. The summed E-state index contributed by atoms with van der Waals surface area (Å²) in [6.07, 6.45) is 0. The van der Waals surface area contributed by atoms with Crippen molar-refractivity contribution in [2.45, 2.75) is 0 Å². The molecule has 0 aliphatic rings. The molecule has 0 amide bonds. The summed E-state index contributed by atoms with van der Waals surface area (Å²) in [5.41, 5.74) is 4.11. The van der Waals surface area contributed by atoms with Crippen molar-refractivity contribution in [2.75, 3.05) is 0 Å². The lowest BCUT2D eigenvalue weighted by atomic mass is 10.0. The van der Waals surface area contributed by atoms with E-state index in [0.717, 1.165) is 27.5 Å². The monoisotopic (exact) mass is 243 g/mol. The summed E-state index contributed by atoms with van der Waals surface area (Å²) >= 11 is 0. The molecular weight excluding hydrogens is 232 g/mol. The van der Waals surface area contributed by atoms with E-state index in [2.05, 4.69) is 30.3 Å². The quantitative estimate of drug-likeness (QED) is 0.455. The number of benzene rings is 3. The van der Waals surface area contributed by atoms with Crippen LogP contribution in [0.5, 0.6) is 0 Å². The lowest BCUT2D eigenvalue weighted by Crippen LogP contribution is -1.77. The molecule has 1 nitrogen and oxygen atoms in total. The van der Waals surface area contributed by atoms with Crippen molar-refractivity contribution in [3.63, 3.8) is 0 Å². The summed E-state index contributed by atoms with van der Waals surface area (Å²) in [7, 11) is 0. The van der Waals surface area contributed by atoms with Gasteiger partial charge in [0.05, 0.1) is 0 Å². The van der Waals surface area contributed by atoms with Crippen LogP contribution < -0.4 is 0 Å². The fraction of sp³-hybridized carbons (Fsp3) is 0. The maximum atomic E-state index is 6.01. The van der Waals surface area contributed by atoms with Gasteiger partial charge in [-0.1, -0.05) is 54.6 Å². The zero-order chi connectivity index (χ0) is 12.7. The topological polar surface area (TPSA) is 13.1 Å². The van der Waals surface area contributed by atoms with E-state index in [0.29, 0.717) is 0 Å². The second kappa shape index (κ2) is 3.99. The van der Waals surface area contributed by atoms with Crippen molar-refractivity contribution in [3.8, 4) is 11.1 Å². The second-order valence-corrected chi connectivity index (χ2v) is 4.56. The van der Waals surface area contributed by atoms with Crippen molar-refractivity contribution >= 4 is 21.9 Å². The fourth-order valence-corrected chi connectivity index (χ4v) is 2.51. The number of hydrogen-bond donors (Lipinski definition) is 0. The number of para-hydroxylation sites is 1. The molecule has 0 fully saturated rings. The molecule has 0 unspecified atom stereocenters. The summed E-state index contributed by atoms with van der Waals surface area (Å²) in [5, 5.41) is 2.17. The molecule has 0 aliphatic heterocycles. The molecule has 0 atom stereocenters. The van der Waals surface area contributed by atoms with Gasteiger partial charge >= 0.3 is 0 Å². The van der Waals surface area contributed by atoms with Gasteiger partial charge in [-0.2, -0.15) is 0 Å². The molecule has 19 heavy (non-hydrogen) atoms. The minimum Gasteiger partial charge on any atom is -0.455 e. The molecule has 0 N–H and O–H groups in total. The Morgan fingerprint density at radius 3 is 2.47 bits per heavy atom. The van der Waals surface area contributed by atoms with Gasteiger partial charge in [0, 0.05) is 16.3 Å². The first-order chi connectivity index (χ1) is 9.43. The second-order valence-electron chi connectivity index (χ2n) is 4.56. The van der Waals surface area contributed by atoms with E-state index in [1.54, 1.807) is 0 Å². The van der Waals surface area contributed by atoms with Gasteiger partial charge in [-0.3, -0.25) is 0 Å². The number of fused-ring (bicyclic) bond motifs is 3. The van der Waals surface area contributed by atoms with Crippen LogP contribution in [0, 0.1) is 6.07 Å². The SMILES string of the molecule is [c]1ccc(-c2ccccc2)c2oc3ccccc3c12. The van der Waals surface area contributed by atoms with E-state index < -0.39 is 0 Å². The van der Waals surface area contributed by atoms with Crippen LogP contribution >= 0.6 is 0 Å². The molecule has 0 bridgehead atoms. The first-order valence-corrected chi connectivity index (χ1v) is 6.31. The van der Waals surface area contributed by atoms with Crippen molar-refractivity contribution < 1.29 is 4.42 Å². The van der Waals surface area contributed by atoms with E-state index in [1.165, 1.54) is 5.56 Å². The Morgan fingerprint density at radius 1 is 0.789 bits per heavy atom. The third-order valence-corrected chi connectivity index (χ3v) is 3.40. The van der Waals surface area contributed by atoms with Crippen LogP contribution in [0.15, 0.2) is 71.1 Å². The first-order valence-electron chi connectivity index (χ1n) is 6.31. The van der Waals surface area contributed by atoms with Crippen LogP contribution in [0.1, 0.15) is 0 Å². The predicted octanol–water partition coefficient (Wildman–Crippen LogP) is 5.05. The van der Waals surface area contributed by atoms with Gasteiger partial charge in [0.15, 0.2) is 0 Å². The average Bonchev–Trinajstić information content (AvgIpc) is 2.87. The maximum Gasteiger partial charge on any atom is 0.143 e. The van der Waals surface area contributed by atoms with Gasteiger partial charge in [0.2, 0.25) is 0 Å². The van der Waals surface area contributed by atoms with Crippen molar-refractivity contribution in [1.29, 1.82) is 0 Å². The number of furan rings is 1. The van der Waals surface area contributed by atoms with Crippen molar-refractivity contribution in [3.05, 3.63) is 72.8 Å². The summed E-state index contributed by atoms with van der Waals surface area (Å²) in [6.45, 7) is 0. The Morgan fingerprint density at radius 2 is 1.58 bits per heavy atom. The van der Waals surface area contributed by atoms with Gasteiger partial charge in [-0.05, 0) is 23.8 Å². The van der Waals surface area contributed by atoms with E-state index in [9.17, 15) is 0 Å². The van der Waals surface area contributed by atoms with Crippen LogP contribution in [0.2, 0.25) is 0 Å². The van der Waals surface area contributed by atoms with Gasteiger partial charge in [-0.25, -0.2) is 0 Å².